The van der Waals surface area contributed by atoms with Gasteiger partial charge in [-0.15, -0.1) is 0 Å². The first-order chi connectivity index (χ1) is 14.3. The van der Waals surface area contributed by atoms with E-state index in [0.29, 0.717) is 5.56 Å². The molecule has 0 spiro atoms. The normalized spacial score (nSPS) is 22.9. The standard InChI is InChI=1S/C17H19BN5O6P/c1-11-8-23(17(25)20-16(11)24)15-7-13(21-22-19)14(29-15)10-28-30(18,26)27-9-12-5-3-2-4-6-12/h2-6,8,13-15H,7,9-10H2,1H3,(H,20,24,25)/q-1/t13-,14+,15+,30?/m0/s1. The Morgan fingerprint density at radius 1 is 1.37 bits per heavy atom. The third-order valence-corrected chi connectivity index (χ3v) is 5.53. The molecule has 11 nitrogen and oxygen atoms in total. The predicted octanol–water partition coefficient (Wildman–Crippen LogP) is 2.32. The number of benzene rings is 1. The number of ether oxygens (including phenoxy) is 1. The van der Waals surface area contributed by atoms with Crippen LogP contribution in [-0.2, 0) is 25.0 Å². The van der Waals surface area contributed by atoms with E-state index in [1.165, 1.54) is 10.8 Å². The van der Waals surface area contributed by atoms with Gasteiger partial charge in [-0.25, -0.2) is 4.79 Å². The van der Waals surface area contributed by atoms with Gasteiger partial charge in [0.2, 0.25) is 0 Å². The zero-order chi connectivity index (χ0) is 21.7. The van der Waals surface area contributed by atoms with Crippen molar-refractivity contribution >= 4 is 15.0 Å². The SMILES string of the molecule is [B-]P(=O)(OCc1ccccc1)OC[C@H]1O[C@@H](n2cc(C)c(=O)[nH]c2=O)C[C@@H]1N=[N+]=[N-]. The lowest BCUT2D eigenvalue weighted by Gasteiger charge is -2.28. The minimum atomic E-state index is -3.90. The molecule has 1 saturated heterocycles. The number of nitrogens with zero attached hydrogens (tertiary/aromatic N) is 4. The van der Waals surface area contributed by atoms with Crippen molar-refractivity contribution in [1.29, 1.82) is 0 Å². The monoisotopic (exact) mass is 431 g/mol. The smallest absolute Gasteiger partial charge is 0.330 e. The maximum absolute atomic E-state index is 12.4. The minimum absolute atomic E-state index is 0.00536. The van der Waals surface area contributed by atoms with Crippen molar-refractivity contribution in [3.05, 3.63) is 78.9 Å². The molecule has 1 N–H and O–H groups in total. The van der Waals surface area contributed by atoms with Crippen LogP contribution in [0.5, 0.6) is 0 Å². The lowest BCUT2D eigenvalue weighted by Crippen LogP contribution is -2.33. The summed E-state index contributed by atoms with van der Waals surface area (Å²) in [7, 11) is 1.72. The van der Waals surface area contributed by atoms with E-state index < -0.39 is 37.1 Å². The van der Waals surface area contributed by atoms with Crippen molar-refractivity contribution < 1.29 is 18.3 Å². The second-order valence-electron chi connectivity index (χ2n) is 6.71. The predicted molar refractivity (Wildman–Crippen MR) is 108 cm³/mol. The van der Waals surface area contributed by atoms with Crippen LogP contribution in [0.2, 0.25) is 0 Å². The second kappa shape index (κ2) is 9.46. The molecule has 2 aromatic rings. The Labute approximate surface area is 172 Å². The zero-order valence-corrected chi connectivity index (χ0v) is 17.0. The Hall–Kier alpha value is -2.62. The third-order valence-electron chi connectivity index (χ3n) is 4.53. The van der Waals surface area contributed by atoms with Gasteiger partial charge in [0, 0.05) is 23.1 Å². The molecule has 30 heavy (non-hydrogen) atoms. The highest BCUT2D eigenvalue weighted by Crippen LogP contribution is 2.44. The lowest BCUT2D eigenvalue weighted by molar-refractivity contribution is -0.0242. The number of H-pyrrole nitrogens is 1. The number of aryl methyl sites for hydroxylation is 1. The molecule has 1 aromatic heterocycles. The highest BCUT2D eigenvalue weighted by atomic mass is 31.2. The molecule has 4 atom stereocenters. The number of aromatic nitrogens is 2. The van der Waals surface area contributed by atoms with Gasteiger partial charge in [0.1, 0.15) is 6.23 Å². The molecular formula is C17H19BN5O6P-. The van der Waals surface area contributed by atoms with Gasteiger partial charge in [-0.3, -0.25) is 14.3 Å². The van der Waals surface area contributed by atoms with E-state index in [2.05, 4.69) is 15.0 Å². The highest BCUT2D eigenvalue weighted by Gasteiger charge is 2.36. The second-order valence-corrected chi connectivity index (χ2v) is 8.31. The molecule has 1 aliphatic rings. The Kier molecular flexibility index (Phi) is 6.97. The summed E-state index contributed by atoms with van der Waals surface area (Å²) in [5.74, 6) is 0. The largest absolute Gasteiger partial charge is 0.444 e. The summed E-state index contributed by atoms with van der Waals surface area (Å²) in [5, 5.41) is 3.66. The fourth-order valence-corrected chi connectivity index (χ4v) is 3.74. The van der Waals surface area contributed by atoms with Crippen LogP contribution in [0.25, 0.3) is 10.4 Å². The molecule has 0 amide bonds. The molecule has 0 aliphatic carbocycles. The minimum Gasteiger partial charge on any atom is -0.444 e. The molecule has 13 heteroatoms. The molecule has 3 radical (unpaired) electrons. The number of hydrogen-bond donors (Lipinski definition) is 1. The number of hydrogen-bond acceptors (Lipinski definition) is 7. The van der Waals surface area contributed by atoms with E-state index in [1.807, 2.05) is 6.07 Å². The Bertz CT molecular complexity index is 1100. The van der Waals surface area contributed by atoms with Crippen LogP contribution in [0.3, 0.4) is 0 Å². The number of aromatic amines is 1. The molecule has 0 bridgehead atoms. The maximum atomic E-state index is 12.4. The molecule has 1 aliphatic heterocycles. The van der Waals surface area contributed by atoms with Crippen LogP contribution in [-0.4, -0.2) is 35.9 Å². The topological polar surface area (TPSA) is 148 Å². The van der Waals surface area contributed by atoms with E-state index >= 15 is 0 Å². The van der Waals surface area contributed by atoms with Gasteiger partial charge in [-0.05, 0) is 18.0 Å². The van der Waals surface area contributed by atoms with Gasteiger partial charge in [-0.2, -0.15) is 0 Å². The van der Waals surface area contributed by atoms with Crippen LogP contribution >= 0.6 is 7.47 Å². The summed E-state index contributed by atoms with van der Waals surface area (Å²) in [6, 6.07) is 8.31. The maximum Gasteiger partial charge on any atom is 0.330 e. The van der Waals surface area contributed by atoms with Gasteiger partial charge in [-0.1, -0.05) is 35.4 Å². The molecule has 1 fully saturated rings. The van der Waals surface area contributed by atoms with Crippen molar-refractivity contribution in [2.45, 2.75) is 38.3 Å². The Morgan fingerprint density at radius 3 is 2.80 bits per heavy atom. The average molecular weight is 431 g/mol. The molecule has 1 unspecified atom stereocenters. The van der Waals surface area contributed by atoms with Gasteiger partial charge in [0.05, 0.1) is 32.8 Å². The van der Waals surface area contributed by atoms with Crippen LogP contribution in [0.4, 0.5) is 0 Å². The molecule has 3 rings (SSSR count). The van der Waals surface area contributed by atoms with E-state index in [0.717, 1.165) is 5.56 Å². The molecular weight excluding hydrogens is 412 g/mol. The Balaban J connectivity index is 1.66. The molecule has 2 heterocycles. The Morgan fingerprint density at radius 2 is 2.10 bits per heavy atom. The van der Waals surface area contributed by atoms with Crippen LogP contribution in [0.1, 0.15) is 23.8 Å². The summed E-state index contributed by atoms with van der Waals surface area (Å²) in [4.78, 5) is 28.6. The first-order valence-corrected chi connectivity index (χ1v) is 10.6. The van der Waals surface area contributed by atoms with Crippen molar-refractivity contribution in [2.24, 2.45) is 5.11 Å². The summed E-state index contributed by atoms with van der Waals surface area (Å²) in [6.07, 6.45) is -0.107. The van der Waals surface area contributed by atoms with Crippen LogP contribution in [0.15, 0.2) is 51.2 Å². The van der Waals surface area contributed by atoms with E-state index in [1.54, 1.807) is 31.2 Å². The van der Waals surface area contributed by atoms with Crippen LogP contribution in [0, 0.1) is 6.92 Å². The van der Waals surface area contributed by atoms with Crippen molar-refractivity contribution in [3.8, 4) is 0 Å². The molecule has 0 saturated carbocycles. The summed E-state index contributed by atoms with van der Waals surface area (Å²) in [6.45, 7) is 1.26. The van der Waals surface area contributed by atoms with Gasteiger partial charge in [0.15, 0.2) is 0 Å². The number of azide groups is 1. The quantitative estimate of drug-likeness (QED) is 0.223. The summed E-state index contributed by atoms with van der Waals surface area (Å²) >= 11 is 0. The zero-order valence-electron chi connectivity index (χ0n) is 16.1. The molecule has 157 valence electrons. The summed E-state index contributed by atoms with van der Waals surface area (Å²) in [5.41, 5.74) is 8.74. The van der Waals surface area contributed by atoms with Crippen LogP contribution < -0.4 is 11.2 Å². The van der Waals surface area contributed by atoms with Crippen molar-refractivity contribution in [1.82, 2.24) is 9.55 Å². The van der Waals surface area contributed by atoms with E-state index in [-0.39, 0.29) is 19.6 Å². The highest BCUT2D eigenvalue weighted by molar-refractivity contribution is 7.79. The summed E-state index contributed by atoms with van der Waals surface area (Å²) < 4.78 is 29.8. The fraction of sp³-hybridized carbons (Fsp3) is 0.412. The van der Waals surface area contributed by atoms with Gasteiger partial charge in [0.25, 0.3) is 5.56 Å². The van der Waals surface area contributed by atoms with Gasteiger partial charge < -0.3 is 25.9 Å². The lowest BCUT2D eigenvalue weighted by atomic mass is 10.1. The number of rotatable bonds is 8. The van der Waals surface area contributed by atoms with Crippen molar-refractivity contribution in [2.75, 3.05) is 6.61 Å². The first kappa shape index (κ1) is 22.1. The average Bonchev–Trinajstić information content (AvgIpc) is 3.11. The fourth-order valence-electron chi connectivity index (χ4n) is 2.98. The third kappa shape index (κ3) is 5.50. The number of nitrogens with one attached hydrogen (secondary N) is 1. The van der Waals surface area contributed by atoms with Crippen molar-refractivity contribution in [3.63, 3.8) is 0 Å². The first-order valence-electron chi connectivity index (χ1n) is 9.02. The van der Waals surface area contributed by atoms with Gasteiger partial charge >= 0.3 is 5.69 Å². The molecule has 1 aromatic carbocycles. The van der Waals surface area contributed by atoms with E-state index in [9.17, 15) is 14.2 Å². The van der Waals surface area contributed by atoms with E-state index in [4.69, 9.17) is 26.9 Å².